The summed E-state index contributed by atoms with van der Waals surface area (Å²) in [7, 11) is 0. The van der Waals surface area contributed by atoms with E-state index in [1.807, 2.05) is 44.2 Å². The quantitative estimate of drug-likeness (QED) is 0.838. The fourth-order valence-electron chi connectivity index (χ4n) is 2.83. The van der Waals surface area contributed by atoms with Crippen LogP contribution in [0.5, 0.6) is 0 Å². The van der Waals surface area contributed by atoms with Crippen molar-refractivity contribution in [3.63, 3.8) is 0 Å². The Morgan fingerprint density at radius 3 is 2.42 bits per heavy atom. The van der Waals surface area contributed by atoms with Crippen molar-refractivity contribution in [1.82, 2.24) is 4.90 Å². The first-order valence-electron chi connectivity index (χ1n) is 7.89. The zero-order chi connectivity index (χ0) is 17.3. The Labute approximate surface area is 146 Å². The molecular weight excluding hydrogens is 324 g/mol. The lowest BCUT2D eigenvalue weighted by atomic mass is 10.1. The van der Waals surface area contributed by atoms with Crippen molar-refractivity contribution >= 4 is 29.1 Å². The van der Waals surface area contributed by atoms with E-state index < -0.39 is 0 Å². The molecule has 4 nitrogen and oxygen atoms in total. The van der Waals surface area contributed by atoms with Gasteiger partial charge in [-0.3, -0.25) is 9.59 Å². The summed E-state index contributed by atoms with van der Waals surface area (Å²) in [5.41, 5.74) is 3.32. The maximum Gasteiger partial charge on any atom is 0.255 e. The molecule has 1 heterocycles. The van der Waals surface area contributed by atoms with Gasteiger partial charge in [-0.25, -0.2) is 0 Å². The number of carbonyl (C=O) groups is 2. The van der Waals surface area contributed by atoms with E-state index in [0.717, 1.165) is 16.8 Å². The minimum atomic E-state index is -0.194. The van der Waals surface area contributed by atoms with Crippen LogP contribution < -0.4 is 4.90 Å². The predicted molar refractivity (Wildman–Crippen MR) is 95.6 cm³/mol. The van der Waals surface area contributed by atoms with E-state index in [-0.39, 0.29) is 18.4 Å². The Morgan fingerprint density at radius 1 is 1.04 bits per heavy atom. The summed E-state index contributed by atoms with van der Waals surface area (Å²) in [5.74, 6) is -0.275. The summed E-state index contributed by atoms with van der Waals surface area (Å²) in [6.07, 6.45) is 0. The molecule has 2 aromatic rings. The number of carbonyl (C=O) groups excluding carboxylic acids is 2. The highest BCUT2D eigenvalue weighted by molar-refractivity contribution is 6.34. The SMILES string of the molecule is Cc1ccc(N2CCN(C(=O)c3cccc(C)c3Cl)CC2=O)cc1. The number of benzene rings is 2. The number of piperazine rings is 1. The van der Waals surface area contributed by atoms with Gasteiger partial charge in [-0.15, -0.1) is 0 Å². The van der Waals surface area contributed by atoms with Crippen molar-refractivity contribution in [3.8, 4) is 0 Å². The Bertz CT molecular complexity index is 786. The van der Waals surface area contributed by atoms with Gasteiger partial charge in [-0.2, -0.15) is 0 Å². The summed E-state index contributed by atoms with van der Waals surface area (Å²) in [6, 6.07) is 13.2. The molecule has 3 rings (SSSR count). The molecule has 0 atom stereocenters. The lowest BCUT2D eigenvalue weighted by Gasteiger charge is -2.34. The molecule has 0 radical (unpaired) electrons. The van der Waals surface area contributed by atoms with Gasteiger partial charge in [-0.1, -0.05) is 41.4 Å². The zero-order valence-electron chi connectivity index (χ0n) is 13.8. The van der Waals surface area contributed by atoms with Crippen LogP contribution in [0.1, 0.15) is 21.5 Å². The minimum absolute atomic E-state index is 0.0664. The fourth-order valence-corrected chi connectivity index (χ4v) is 3.03. The molecule has 0 aromatic heterocycles. The number of nitrogens with zero attached hydrogens (tertiary/aromatic N) is 2. The normalized spacial score (nSPS) is 14.9. The summed E-state index contributed by atoms with van der Waals surface area (Å²) >= 11 is 6.24. The molecule has 0 saturated carbocycles. The van der Waals surface area contributed by atoms with Gasteiger partial charge >= 0.3 is 0 Å². The highest BCUT2D eigenvalue weighted by Crippen LogP contribution is 2.23. The lowest BCUT2D eigenvalue weighted by molar-refractivity contribution is -0.120. The molecule has 0 aliphatic carbocycles. The number of halogens is 1. The van der Waals surface area contributed by atoms with Gasteiger partial charge in [0.05, 0.1) is 10.6 Å². The highest BCUT2D eigenvalue weighted by Gasteiger charge is 2.29. The van der Waals surface area contributed by atoms with Gasteiger partial charge < -0.3 is 9.80 Å². The third-order valence-corrected chi connectivity index (χ3v) is 4.78. The van der Waals surface area contributed by atoms with E-state index in [1.165, 1.54) is 0 Å². The molecule has 0 N–H and O–H groups in total. The summed E-state index contributed by atoms with van der Waals surface area (Å²) in [6.45, 7) is 4.91. The van der Waals surface area contributed by atoms with Crippen LogP contribution in [0.15, 0.2) is 42.5 Å². The first-order valence-corrected chi connectivity index (χ1v) is 8.26. The summed E-state index contributed by atoms with van der Waals surface area (Å²) in [5, 5.41) is 0.455. The molecular formula is C19H19ClN2O2. The monoisotopic (exact) mass is 342 g/mol. The molecule has 1 fully saturated rings. The van der Waals surface area contributed by atoms with Crippen LogP contribution in [0, 0.1) is 13.8 Å². The molecule has 1 saturated heterocycles. The van der Waals surface area contributed by atoms with Crippen LogP contribution in [0.3, 0.4) is 0 Å². The van der Waals surface area contributed by atoms with Crippen molar-refractivity contribution in [1.29, 1.82) is 0 Å². The standard InChI is InChI=1S/C19H19ClN2O2/c1-13-6-8-15(9-7-13)22-11-10-21(12-17(22)23)19(24)16-5-3-4-14(2)18(16)20/h3-9H,10-12H2,1-2H3. The van der Waals surface area contributed by atoms with Crippen molar-refractivity contribution in [2.24, 2.45) is 0 Å². The molecule has 1 aliphatic heterocycles. The van der Waals surface area contributed by atoms with Gasteiger partial charge in [0.15, 0.2) is 0 Å². The number of aryl methyl sites for hydroxylation is 2. The van der Waals surface area contributed by atoms with Crippen LogP contribution in [0.25, 0.3) is 0 Å². The van der Waals surface area contributed by atoms with Gasteiger partial charge in [-0.05, 0) is 37.6 Å². The van der Waals surface area contributed by atoms with Crippen molar-refractivity contribution in [2.45, 2.75) is 13.8 Å². The van der Waals surface area contributed by atoms with Gasteiger partial charge in [0.25, 0.3) is 5.91 Å². The molecule has 24 heavy (non-hydrogen) atoms. The third kappa shape index (κ3) is 3.15. The predicted octanol–water partition coefficient (Wildman–Crippen LogP) is 3.45. The molecule has 5 heteroatoms. The first kappa shape index (κ1) is 16.5. The molecule has 2 aromatic carbocycles. The third-order valence-electron chi connectivity index (χ3n) is 4.28. The minimum Gasteiger partial charge on any atom is -0.327 e. The molecule has 0 spiro atoms. The molecule has 0 unspecified atom stereocenters. The molecule has 124 valence electrons. The maximum absolute atomic E-state index is 12.7. The second-order valence-corrected chi connectivity index (χ2v) is 6.42. The number of hydrogen-bond donors (Lipinski definition) is 0. The average Bonchev–Trinajstić information content (AvgIpc) is 2.58. The Morgan fingerprint density at radius 2 is 1.75 bits per heavy atom. The second-order valence-electron chi connectivity index (χ2n) is 6.04. The number of rotatable bonds is 2. The van der Waals surface area contributed by atoms with Crippen LogP contribution in [-0.4, -0.2) is 36.3 Å². The highest BCUT2D eigenvalue weighted by atomic mass is 35.5. The molecule has 2 amide bonds. The maximum atomic E-state index is 12.7. The van der Waals surface area contributed by atoms with E-state index in [9.17, 15) is 9.59 Å². The number of amides is 2. The van der Waals surface area contributed by atoms with E-state index in [0.29, 0.717) is 23.7 Å². The van der Waals surface area contributed by atoms with Crippen LogP contribution in [-0.2, 0) is 4.79 Å². The average molecular weight is 343 g/mol. The topological polar surface area (TPSA) is 40.6 Å². The molecule has 1 aliphatic rings. The first-order chi connectivity index (χ1) is 11.5. The van der Waals surface area contributed by atoms with Gasteiger partial charge in [0, 0.05) is 18.8 Å². The van der Waals surface area contributed by atoms with E-state index >= 15 is 0 Å². The van der Waals surface area contributed by atoms with Gasteiger partial charge in [0.2, 0.25) is 5.91 Å². The summed E-state index contributed by atoms with van der Waals surface area (Å²) in [4.78, 5) is 28.4. The lowest BCUT2D eigenvalue weighted by Crippen LogP contribution is -2.52. The van der Waals surface area contributed by atoms with Crippen molar-refractivity contribution in [3.05, 3.63) is 64.2 Å². The van der Waals surface area contributed by atoms with E-state index in [4.69, 9.17) is 11.6 Å². The van der Waals surface area contributed by atoms with E-state index in [1.54, 1.807) is 21.9 Å². The Kier molecular flexibility index (Phi) is 4.58. The van der Waals surface area contributed by atoms with Crippen LogP contribution in [0.4, 0.5) is 5.69 Å². The number of hydrogen-bond acceptors (Lipinski definition) is 2. The number of anilines is 1. The van der Waals surface area contributed by atoms with Crippen LogP contribution in [0.2, 0.25) is 5.02 Å². The van der Waals surface area contributed by atoms with Crippen molar-refractivity contribution in [2.75, 3.05) is 24.5 Å². The largest absolute Gasteiger partial charge is 0.327 e. The van der Waals surface area contributed by atoms with Crippen molar-refractivity contribution < 1.29 is 9.59 Å². The Hall–Kier alpha value is -2.33. The smallest absolute Gasteiger partial charge is 0.255 e. The fraction of sp³-hybridized carbons (Fsp3) is 0.263. The zero-order valence-corrected chi connectivity index (χ0v) is 14.5. The van der Waals surface area contributed by atoms with Gasteiger partial charge in [0.1, 0.15) is 6.54 Å². The summed E-state index contributed by atoms with van der Waals surface area (Å²) < 4.78 is 0. The molecule has 0 bridgehead atoms. The van der Waals surface area contributed by atoms with Crippen LogP contribution >= 0.6 is 11.6 Å². The Balaban J connectivity index is 1.75. The van der Waals surface area contributed by atoms with E-state index in [2.05, 4.69) is 0 Å². The second kappa shape index (κ2) is 6.65.